The summed E-state index contributed by atoms with van der Waals surface area (Å²) in [5, 5.41) is 6.42. The lowest BCUT2D eigenvalue weighted by Gasteiger charge is -2.37. The van der Waals surface area contributed by atoms with E-state index in [4.69, 9.17) is 22.1 Å². The topological polar surface area (TPSA) is 111 Å². The summed E-state index contributed by atoms with van der Waals surface area (Å²) < 4.78 is 5.93. The van der Waals surface area contributed by atoms with E-state index in [2.05, 4.69) is 10.6 Å². The van der Waals surface area contributed by atoms with Gasteiger partial charge in [0.25, 0.3) is 5.91 Å². The number of fused-ring (bicyclic) bond motifs is 1. The Morgan fingerprint density at radius 2 is 1.82 bits per heavy atom. The van der Waals surface area contributed by atoms with Crippen LogP contribution >= 0.6 is 22.9 Å². The number of primary amides is 1. The highest BCUT2D eigenvalue weighted by atomic mass is 127. The number of rotatable bonds is 5. The number of ether oxygens (including phenoxy) is 1. The fourth-order valence-electron chi connectivity index (χ4n) is 3.68. The number of hydrogen-bond acceptors (Lipinski definition) is 5. The van der Waals surface area contributed by atoms with Crippen LogP contribution in [-0.2, 0) is 22.5 Å². The minimum absolute atomic E-state index is 0. The molecule has 2 heterocycles. The molecule has 2 aromatic rings. The first-order valence-corrected chi connectivity index (χ1v) is 11.4. The summed E-state index contributed by atoms with van der Waals surface area (Å²) in [6.45, 7) is 6.93. The van der Waals surface area contributed by atoms with Crippen molar-refractivity contribution < 1.29 is 47.6 Å². The highest BCUT2D eigenvalue weighted by Gasteiger charge is 2.37. The molecule has 3 rings (SSSR count). The van der Waals surface area contributed by atoms with Crippen LogP contribution in [0.3, 0.4) is 0 Å². The van der Waals surface area contributed by atoms with E-state index in [1.807, 2.05) is 27.8 Å². The predicted molar refractivity (Wildman–Crippen MR) is 126 cm³/mol. The number of halogens is 2. The number of anilines is 2. The maximum Gasteiger partial charge on any atom is 0.362 e. The van der Waals surface area contributed by atoms with Crippen LogP contribution in [0.15, 0.2) is 24.3 Å². The molecule has 0 bridgehead atoms. The summed E-state index contributed by atoms with van der Waals surface area (Å²) in [6.07, 6.45) is 0.573. The molecule has 0 saturated carbocycles. The average Bonchev–Trinajstić information content (AvgIpc) is 2.97. The van der Waals surface area contributed by atoms with Crippen molar-refractivity contribution in [3.8, 4) is 0 Å². The summed E-state index contributed by atoms with van der Waals surface area (Å²) >= 11 is 7.18. The number of nitrogens with zero attached hydrogens (tertiary/aromatic N) is 1. The zero-order valence-corrected chi connectivity index (χ0v) is 22.7. The highest BCUT2D eigenvalue weighted by molar-refractivity contribution is 7.17. The minimum Gasteiger partial charge on any atom is -1.00 e. The Balaban J connectivity index is 0.00000385. The van der Waals surface area contributed by atoms with Crippen molar-refractivity contribution in [2.75, 3.05) is 30.8 Å². The Bertz CT molecular complexity index is 1050. The van der Waals surface area contributed by atoms with Crippen molar-refractivity contribution in [3.05, 3.63) is 45.3 Å². The third-order valence-corrected chi connectivity index (χ3v) is 6.41. The summed E-state index contributed by atoms with van der Waals surface area (Å²) in [5.74, 6) is -0.858. The maximum atomic E-state index is 12.5. The first-order valence-electron chi connectivity index (χ1n) is 10.2. The van der Waals surface area contributed by atoms with Gasteiger partial charge in [-0.1, -0.05) is 11.6 Å². The second-order valence-corrected chi connectivity index (χ2v) is 10.7. The standard InChI is InChI=1S/C22H27ClN4O4S.HI/c1-22(2,3)31-17(28)12-27(4)10-9-15-16(11-27)32-20(18(15)19(24)29)26-21(30)25-14-7-5-13(23)6-8-14;/h5-8H,9-12H2,1-4H3,(H3-,24,25,26,29,30);1H. The molecule has 33 heavy (non-hydrogen) atoms. The van der Waals surface area contributed by atoms with Gasteiger partial charge in [-0.2, -0.15) is 0 Å². The first-order chi connectivity index (χ1) is 14.8. The number of hydrogen-bond donors (Lipinski definition) is 3. The number of thiophene rings is 1. The van der Waals surface area contributed by atoms with E-state index in [-0.39, 0.29) is 36.5 Å². The number of esters is 1. The Morgan fingerprint density at radius 3 is 2.39 bits per heavy atom. The van der Waals surface area contributed by atoms with Crippen LogP contribution < -0.4 is 40.3 Å². The zero-order chi connectivity index (χ0) is 23.7. The van der Waals surface area contributed by atoms with E-state index < -0.39 is 17.5 Å². The summed E-state index contributed by atoms with van der Waals surface area (Å²) in [5.41, 5.74) is 6.84. The van der Waals surface area contributed by atoms with Gasteiger partial charge in [0, 0.05) is 17.1 Å². The van der Waals surface area contributed by atoms with Gasteiger partial charge in [0.2, 0.25) is 0 Å². The lowest BCUT2D eigenvalue weighted by molar-refractivity contribution is -0.917. The molecular weight excluding hydrogens is 579 g/mol. The van der Waals surface area contributed by atoms with Gasteiger partial charge in [0.1, 0.15) is 17.1 Å². The van der Waals surface area contributed by atoms with E-state index in [0.717, 1.165) is 10.4 Å². The van der Waals surface area contributed by atoms with Crippen LogP contribution in [0.5, 0.6) is 0 Å². The minimum atomic E-state index is -0.590. The normalized spacial score (nSPS) is 17.4. The molecule has 8 nitrogen and oxygen atoms in total. The van der Waals surface area contributed by atoms with Crippen LogP contribution in [0.25, 0.3) is 0 Å². The van der Waals surface area contributed by atoms with Crippen LogP contribution in [0.1, 0.15) is 41.6 Å². The molecule has 0 spiro atoms. The van der Waals surface area contributed by atoms with E-state index in [1.54, 1.807) is 24.3 Å². The number of urea groups is 1. The van der Waals surface area contributed by atoms with E-state index in [1.165, 1.54) is 11.3 Å². The van der Waals surface area contributed by atoms with Crippen molar-refractivity contribution in [2.24, 2.45) is 5.73 Å². The fraction of sp³-hybridized carbons (Fsp3) is 0.409. The molecule has 11 heteroatoms. The number of benzene rings is 1. The smallest absolute Gasteiger partial charge is 0.362 e. The van der Waals surface area contributed by atoms with Gasteiger partial charge >= 0.3 is 12.0 Å². The molecule has 1 atom stereocenters. The predicted octanol–water partition coefficient (Wildman–Crippen LogP) is 0.993. The summed E-state index contributed by atoms with van der Waals surface area (Å²) in [6, 6.07) is 6.20. The third kappa shape index (κ3) is 7.29. The zero-order valence-electron chi connectivity index (χ0n) is 19.0. The molecule has 1 aromatic heterocycles. The van der Waals surface area contributed by atoms with Crippen LogP contribution in [-0.4, -0.2) is 48.1 Å². The number of nitrogens with two attached hydrogens (primary N) is 1. The Kier molecular flexibility index (Phi) is 8.77. The number of likely N-dealkylation sites (N-methyl/N-ethyl adjacent to an activating group) is 1. The number of carbonyl (C=O) groups excluding carboxylic acids is 3. The lowest BCUT2D eigenvalue weighted by Crippen LogP contribution is -3.00. The molecule has 0 fully saturated rings. The van der Waals surface area contributed by atoms with E-state index >= 15 is 0 Å². The van der Waals surface area contributed by atoms with Gasteiger partial charge in [-0.05, 0) is 50.6 Å². The molecule has 0 aliphatic carbocycles. The number of nitrogens with one attached hydrogen (secondary N) is 2. The van der Waals surface area contributed by atoms with Crippen LogP contribution in [0.2, 0.25) is 5.02 Å². The molecule has 0 saturated heterocycles. The maximum absolute atomic E-state index is 12.5. The second-order valence-electron chi connectivity index (χ2n) is 9.15. The lowest BCUT2D eigenvalue weighted by atomic mass is 10.0. The van der Waals surface area contributed by atoms with Crippen molar-refractivity contribution in [1.29, 1.82) is 0 Å². The molecule has 1 aliphatic heterocycles. The third-order valence-electron chi connectivity index (χ3n) is 5.02. The van der Waals surface area contributed by atoms with E-state index in [0.29, 0.717) is 45.3 Å². The quantitative estimate of drug-likeness (QED) is 0.268. The Hall–Kier alpha value is -1.89. The van der Waals surface area contributed by atoms with Gasteiger partial charge in [-0.3, -0.25) is 10.1 Å². The van der Waals surface area contributed by atoms with Crippen LogP contribution in [0.4, 0.5) is 15.5 Å². The number of quaternary nitrogens is 1. The van der Waals surface area contributed by atoms with Gasteiger partial charge in [-0.15, -0.1) is 11.3 Å². The van der Waals surface area contributed by atoms with Gasteiger partial charge < -0.3 is 44.2 Å². The fourth-order valence-corrected chi connectivity index (χ4v) is 5.23. The highest BCUT2D eigenvalue weighted by Crippen LogP contribution is 2.38. The molecule has 1 unspecified atom stereocenters. The van der Waals surface area contributed by atoms with Crippen LogP contribution in [0, 0.1) is 0 Å². The van der Waals surface area contributed by atoms with Gasteiger partial charge in [0.05, 0.1) is 24.0 Å². The number of amides is 3. The first kappa shape index (κ1) is 27.4. The molecule has 180 valence electrons. The molecule has 3 amide bonds. The number of carbonyl (C=O) groups is 3. The molecule has 1 aliphatic rings. The van der Waals surface area contributed by atoms with Gasteiger partial charge in [0.15, 0.2) is 6.54 Å². The Labute approximate surface area is 219 Å². The molecular formula is C22H28ClIN4O4S. The molecule has 0 radical (unpaired) electrons. The monoisotopic (exact) mass is 606 g/mol. The van der Waals surface area contributed by atoms with Crippen molar-refractivity contribution in [1.82, 2.24) is 0 Å². The van der Waals surface area contributed by atoms with Crippen molar-refractivity contribution in [2.45, 2.75) is 39.3 Å². The summed E-state index contributed by atoms with van der Waals surface area (Å²) in [7, 11) is 1.98. The average molecular weight is 607 g/mol. The largest absolute Gasteiger partial charge is 1.00 e. The van der Waals surface area contributed by atoms with Crippen molar-refractivity contribution >= 4 is 51.5 Å². The van der Waals surface area contributed by atoms with E-state index in [9.17, 15) is 14.4 Å². The SMILES string of the molecule is CC(C)(C)OC(=O)C[N+]1(C)CCc2c(sc(NC(=O)Nc3ccc(Cl)cc3)c2C(N)=O)C1.[I-]. The van der Waals surface area contributed by atoms with Gasteiger partial charge in [-0.25, -0.2) is 9.59 Å². The molecule has 4 N–H and O–H groups in total. The Morgan fingerprint density at radius 1 is 1.18 bits per heavy atom. The molecule has 1 aromatic carbocycles. The second kappa shape index (κ2) is 10.6. The summed E-state index contributed by atoms with van der Waals surface area (Å²) in [4.78, 5) is 38.0. The van der Waals surface area contributed by atoms with Crippen molar-refractivity contribution in [3.63, 3.8) is 0 Å².